The van der Waals surface area contributed by atoms with Crippen molar-refractivity contribution < 1.29 is 13.6 Å². The molecule has 1 saturated heterocycles. The Bertz CT molecular complexity index is 905. The third-order valence-electron chi connectivity index (χ3n) is 5.21. The zero-order chi connectivity index (χ0) is 18.1. The molecule has 1 fully saturated rings. The standard InChI is InChI=1S/C21H24N2O3/c1-14-7-8-18-16(12-14)15(2)20(26-18)21(24)22-13-17(19-6-5-11-25-19)23-9-3-4-10-23/h5-8,11-12,17H,3-4,9-10,13H2,1-2H3,(H,22,24)/t17-/m1/s1. The van der Waals surface area contributed by atoms with Crippen LogP contribution in [-0.4, -0.2) is 30.4 Å². The largest absolute Gasteiger partial charge is 0.468 e. The van der Waals surface area contributed by atoms with Crippen LogP contribution < -0.4 is 5.32 Å². The highest BCUT2D eigenvalue weighted by atomic mass is 16.3. The normalized spacial score (nSPS) is 16.2. The third kappa shape index (κ3) is 3.15. The summed E-state index contributed by atoms with van der Waals surface area (Å²) < 4.78 is 11.4. The monoisotopic (exact) mass is 352 g/mol. The minimum Gasteiger partial charge on any atom is -0.468 e. The number of carbonyl (C=O) groups is 1. The summed E-state index contributed by atoms with van der Waals surface area (Å²) in [6.07, 6.45) is 4.06. The number of benzene rings is 1. The minimum atomic E-state index is -0.174. The minimum absolute atomic E-state index is 0.0587. The van der Waals surface area contributed by atoms with E-state index >= 15 is 0 Å². The molecule has 26 heavy (non-hydrogen) atoms. The number of furan rings is 2. The van der Waals surface area contributed by atoms with E-state index in [1.165, 1.54) is 12.8 Å². The predicted octanol–water partition coefficient (Wildman–Crippen LogP) is 4.21. The first-order valence-electron chi connectivity index (χ1n) is 9.19. The smallest absolute Gasteiger partial charge is 0.287 e. The van der Waals surface area contributed by atoms with Gasteiger partial charge in [0.05, 0.1) is 12.3 Å². The van der Waals surface area contributed by atoms with Crippen LogP contribution in [0.2, 0.25) is 0 Å². The molecule has 0 bridgehead atoms. The lowest BCUT2D eigenvalue weighted by Crippen LogP contribution is -2.36. The van der Waals surface area contributed by atoms with Gasteiger partial charge in [-0.05, 0) is 64.0 Å². The quantitative estimate of drug-likeness (QED) is 0.747. The van der Waals surface area contributed by atoms with Crippen molar-refractivity contribution in [2.45, 2.75) is 32.7 Å². The van der Waals surface area contributed by atoms with Crippen molar-refractivity contribution in [2.24, 2.45) is 0 Å². The van der Waals surface area contributed by atoms with E-state index in [1.54, 1.807) is 6.26 Å². The van der Waals surface area contributed by atoms with Crippen LogP contribution in [0.5, 0.6) is 0 Å². The Balaban J connectivity index is 1.53. The number of hydrogen-bond acceptors (Lipinski definition) is 4. The molecular formula is C21H24N2O3. The van der Waals surface area contributed by atoms with Crippen molar-refractivity contribution in [1.29, 1.82) is 0 Å². The molecule has 1 aromatic carbocycles. The average molecular weight is 352 g/mol. The predicted molar refractivity (Wildman–Crippen MR) is 100 cm³/mol. The molecule has 2 aromatic heterocycles. The molecule has 1 aliphatic heterocycles. The molecule has 136 valence electrons. The Morgan fingerprint density at radius 1 is 1.23 bits per heavy atom. The number of rotatable bonds is 5. The SMILES string of the molecule is Cc1ccc2oc(C(=O)NC[C@H](c3ccco3)N3CCCC3)c(C)c2c1. The zero-order valence-electron chi connectivity index (χ0n) is 15.2. The fourth-order valence-corrected chi connectivity index (χ4v) is 3.76. The molecule has 0 radical (unpaired) electrons. The van der Waals surface area contributed by atoms with Crippen LogP contribution >= 0.6 is 0 Å². The zero-order valence-corrected chi connectivity index (χ0v) is 15.2. The van der Waals surface area contributed by atoms with Crippen LogP contribution in [0.1, 0.15) is 46.3 Å². The van der Waals surface area contributed by atoms with E-state index in [9.17, 15) is 4.79 Å². The number of nitrogens with one attached hydrogen (secondary N) is 1. The van der Waals surface area contributed by atoms with Crippen molar-refractivity contribution in [2.75, 3.05) is 19.6 Å². The molecule has 1 amide bonds. The van der Waals surface area contributed by atoms with Gasteiger partial charge in [-0.3, -0.25) is 9.69 Å². The van der Waals surface area contributed by atoms with Gasteiger partial charge in [-0.15, -0.1) is 0 Å². The van der Waals surface area contributed by atoms with Crippen molar-refractivity contribution >= 4 is 16.9 Å². The van der Waals surface area contributed by atoms with Gasteiger partial charge in [-0.1, -0.05) is 11.6 Å². The van der Waals surface area contributed by atoms with Gasteiger partial charge in [0.15, 0.2) is 5.76 Å². The van der Waals surface area contributed by atoms with Crippen LogP contribution in [0, 0.1) is 13.8 Å². The Morgan fingerprint density at radius 2 is 2.04 bits per heavy atom. The molecule has 0 aliphatic carbocycles. The van der Waals surface area contributed by atoms with Crippen molar-refractivity contribution in [3.8, 4) is 0 Å². The summed E-state index contributed by atoms with van der Waals surface area (Å²) in [7, 11) is 0. The van der Waals surface area contributed by atoms with E-state index in [0.29, 0.717) is 12.3 Å². The summed E-state index contributed by atoms with van der Waals surface area (Å²) in [5, 5.41) is 4.04. The molecule has 5 nitrogen and oxygen atoms in total. The summed E-state index contributed by atoms with van der Waals surface area (Å²) in [6, 6.07) is 9.90. The second-order valence-corrected chi connectivity index (χ2v) is 7.04. The Labute approximate surface area is 153 Å². The van der Waals surface area contributed by atoms with E-state index in [0.717, 1.165) is 40.9 Å². The number of nitrogens with zero attached hydrogens (tertiary/aromatic N) is 1. The first-order valence-corrected chi connectivity index (χ1v) is 9.19. The number of hydrogen-bond donors (Lipinski definition) is 1. The molecule has 0 unspecified atom stereocenters. The summed E-state index contributed by atoms with van der Waals surface area (Å²) >= 11 is 0. The van der Waals surface area contributed by atoms with E-state index in [1.807, 2.05) is 38.1 Å². The number of likely N-dealkylation sites (tertiary alicyclic amines) is 1. The second kappa shape index (κ2) is 7.00. The summed E-state index contributed by atoms with van der Waals surface area (Å²) in [5.74, 6) is 1.11. The third-order valence-corrected chi connectivity index (χ3v) is 5.21. The van der Waals surface area contributed by atoms with Crippen LogP contribution in [-0.2, 0) is 0 Å². The molecule has 1 atom stereocenters. The number of amides is 1. The number of fused-ring (bicyclic) bond motifs is 1. The lowest BCUT2D eigenvalue weighted by Gasteiger charge is -2.25. The van der Waals surface area contributed by atoms with Crippen molar-refractivity contribution in [3.63, 3.8) is 0 Å². The molecular weight excluding hydrogens is 328 g/mol. The molecule has 0 spiro atoms. The molecule has 0 saturated carbocycles. The highest BCUT2D eigenvalue weighted by molar-refractivity contribution is 5.99. The van der Waals surface area contributed by atoms with Gasteiger partial charge in [0.1, 0.15) is 11.3 Å². The van der Waals surface area contributed by atoms with Gasteiger partial charge >= 0.3 is 0 Å². The molecule has 3 heterocycles. The van der Waals surface area contributed by atoms with Gasteiger partial charge < -0.3 is 14.2 Å². The Kier molecular flexibility index (Phi) is 4.55. The second-order valence-electron chi connectivity index (χ2n) is 7.04. The number of aryl methyl sites for hydroxylation is 2. The summed E-state index contributed by atoms with van der Waals surface area (Å²) in [6.45, 7) is 6.54. The lowest BCUT2D eigenvalue weighted by molar-refractivity contribution is 0.0907. The van der Waals surface area contributed by atoms with Crippen LogP contribution in [0.15, 0.2) is 45.4 Å². The van der Waals surface area contributed by atoms with E-state index < -0.39 is 0 Å². The lowest BCUT2D eigenvalue weighted by atomic mass is 10.1. The van der Waals surface area contributed by atoms with Crippen molar-refractivity contribution in [1.82, 2.24) is 10.2 Å². The van der Waals surface area contributed by atoms with Gasteiger partial charge in [-0.25, -0.2) is 0 Å². The van der Waals surface area contributed by atoms with Crippen molar-refractivity contribution in [3.05, 3.63) is 59.2 Å². The topological polar surface area (TPSA) is 58.6 Å². The first kappa shape index (κ1) is 16.9. The fourth-order valence-electron chi connectivity index (χ4n) is 3.76. The summed E-state index contributed by atoms with van der Waals surface area (Å²) in [4.78, 5) is 15.1. The van der Waals surface area contributed by atoms with E-state index in [-0.39, 0.29) is 11.9 Å². The van der Waals surface area contributed by atoms with Crippen LogP contribution in [0.4, 0.5) is 0 Å². The molecule has 4 rings (SSSR count). The summed E-state index contributed by atoms with van der Waals surface area (Å²) in [5.41, 5.74) is 2.79. The van der Waals surface area contributed by atoms with Gasteiger partial charge in [0, 0.05) is 17.5 Å². The van der Waals surface area contributed by atoms with E-state index in [2.05, 4.69) is 16.3 Å². The number of carbonyl (C=O) groups excluding carboxylic acids is 1. The first-order chi connectivity index (χ1) is 12.6. The van der Waals surface area contributed by atoms with Gasteiger partial charge in [0.2, 0.25) is 0 Å². The maximum atomic E-state index is 12.8. The molecule has 1 aliphatic rings. The van der Waals surface area contributed by atoms with Gasteiger partial charge in [-0.2, -0.15) is 0 Å². The molecule has 1 N–H and O–H groups in total. The molecule has 3 aromatic rings. The van der Waals surface area contributed by atoms with Gasteiger partial charge in [0.25, 0.3) is 5.91 Å². The van der Waals surface area contributed by atoms with Crippen LogP contribution in [0.25, 0.3) is 11.0 Å². The average Bonchev–Trinajstić information content (AvgIpc) is 3.38. The Hall–Kier alpha value is -2.53. The maximum absolute atomic E-state index is 12.8. The van der Waals surface area contributed by atoms with Crippen LogP contribution in [0.3, 0.4) is 0 Å². The van der Waals surface area contributed by atoms with E-state index in [4.69, 9.17) is 8.83 Å². The Morgan fingerprint density at radius 3 is 2.77 bits per heavy atom. The fraction of sp³-hybridized carbons (Fsp3) is 0.381. The highest BCUT2D eigenvalue weighted by Crippen LogP contribution is 2.27. The molecule has 5 heteroatoms. The highest BCUT2D eigenvalue weighted by Gasteiger charge is 2.27. The maximum Gasteiger partial charge on any atom is 0.287 e.